The first-order valence-corrected chi connectivity index (χ1v) is 7.06. The minimum absolute atomic E-state index is 0.160. The molecular weight excluding hydrogens is 284 g/mol. The van der Waals surface area contributed by atoms with Crippen molar-refractivity contribution in [3.8, 4) is 5.75 Å². The fraction of sp³-hybridized carbons (Fsp3) is 0.375. The summed E-state index contributed by atoms with van der Waals surface area (Å²) in [5.74, 6) is -0.753. The number of amides is 1. The topological polar surface area (TPSA) is 89.7 Å². The van der Waals surface area contributed by atoms with Gasteiger partial charge in [-0.25, -0.2) is 10.1 Å². The lowest BCUT2D eigenvalue weighted by molar-refractivity contribution is -0.141. The summed E-state index contributed by atoms with van der Waals surface area (Å²) in [5, 5.41) is 15.9. The molecule has 6 nitrogen and oxygen atoms in total. The molecule has 0 fully saturated rings. The average Bonchev–Trinajstić information content (AvgIpc) is 2.89. The lowest BCUT2D eigenvalue weighted by Gasteiger charge is -2.16. The fourth-order valence-corrected chi connectivity index (χ4v) is 2.29. The van der Waals surface area contributed by atoms with E-state index in [2.05, 4.69) is 10.6 Å². The minimum atomic E-state index is -1.05. The molecule has 1 radical (unpaired) electrons. The van der Waals surface area contributed by atoms with E-state index >= 15 is 0 Å². The number of carbonyl (C=O) groups excluding carboxylic acids is 1. The smallest absolute Gasteiger partial charge is 0.326 e. The second-order valence-corrected chi connectivity index (χ2v) is 5.53. The molecule has 0 spiro atoms. The lowest BCUT2D eigenvalue weighted by Crippen LogP contribution is -2.42. The Kier molecular flexibility index (Phi) is 4.70. The number of aliphatic carboxylic acids is 1. The number of benzene rings is 1. The average molecular weight is 303 g/mol. The van der Waals surface area contributed by atoms with Crippen molar-refractivity contribution < 1.29 is 19.4 Å². The number of hydrogen-bond donors (Lipinski definition) is 2. The van der Waals surface area contributed by atoms with Gasteiger partial charge in [0.05, 0.1) is 12.8 Å². The SMILES string of the molecule is COc1cccc2c1C=C(C(=O)N[C@@H](CC(C)C)C(=O)O)[N]2. The Morgan fingerprint density at radius 2 is 2.09 bits per heavy atom. The molecular formula is C16H19N2O4. The highest BCUT2D eigenvalue weighted by Gasteiger charge is 2.27. The van der Waals surface area contributed by atoms with Gasteiger partial charge in [-0.05, 0) is 30.5 Å². The van der Waals surface area contributed by atoms with Gasteiger partial charge in [-0.1, -0.05) is 19.9 Å². The zero-order chi connectivity index (χ0) is 16.3. The Morgan fingerprint density at radius 1 is 1.36 bits per heavy atom. The van der Waals surface area contributed by atoms with E-state index in [9.17, 15) is 14.7 Å². The van der Waals surface area contributed by atoms with Crippen molar-refractivity contribution in [2.24, 2.45) is 5.92 Å². The molecule has 1 amide bonds. The number of fused-ring (bicyclic) bond motifs is 1. The van der Waals surface area contributed by atoms with Gasteiger partial charge in [-0.15, -0.1) is 0 Å². The van der Waals surface area contributed by atoms with E-state index in [4.69, 9.17) is 4.74 Å². The number of nitrogens with one attached hydrogen (secondary N) is 1. The first kappa shape index (κ1) is 15.9. The van der Waals surface area contributed by atoms with E-state index in [1.165, 1.54) is 0 Å². The molecule has 1 aromatic carbocycles. The van der Waals surface area contributed by atoms with Crippen molar-refractivity contribution >= 4 is 23.6 Å². The van der Waals surface area contributed by atoms with E-state index in [0.29, 0.717) is 17.9 Å². The molecule has 0 saturated carbocycles. The monoisotopic (exact) mass is 303 g/mol. The molecule has 1 aromatic rings. The van der Waals surface area contributed by atoms with Crippen LogP contribution in [0, 0.1) is 5.92 Å². The van der Waals surface area contributed by atoms with Gasteiger partial charge >= 0.3 is 5.97 Å². The van der Waals surface area contributed by atoms with Crippen LogP contribution in [-0.4, -0.2) is 30.1 Å². The Morgan fingerprint density at radius 3 is 2.68 bits per heavy atom. The van der Waals surface area contributed by atoms with E-state index in [1.807, 2.05) is 13.8 Å². The molecule has 2 N–H and O–H groups in total. The van der Waals surface area contributed by atoms with Crippen LogP contribution < -0.4 is 15.4 Å². The number of hydrogen-bond acceptors (Lipinski definition) is 3. The second kappa shape index (κ2) is 6.51. The molecule has 1 atom stereocenters. The molecule has 1 aliphatic heterocycles. The molecule has 0 unspecified atom stereocenters. The Bertz CT molecular complexity index is 623. The summed E-state index contributed by atoms with van der Waals surface area (Å²) in [6, 6.07) is 4.42. The molecule has 1 aliphatic rings. The van der Waals surface area contributed by atoms with E-state index < -0.39 is 17.9 Å². The highest BCUT2D eigenvalue weighted by atomic mass is 16.5. The van der Waals surface area contributed by atoms with Gasteiger partial charge in [0.1, 0.15) is 17.5 Å². The van der Waals surface area contributed by atoms with Gasteiger partial charge in [0, 0.05) is 5.56 Å². The number of carbonyl (C=O) groups is 2. The first-order chi connectivity index (χ1) is 10.4. The van der Waals surface area contributed by atoms with Crippen molar-refractivity contribution in [2.75, 3.05) is 7.11 Å². The zero-order valence-corrected chi connectivity index (χ0v) is 12.8. The van der Waals surface area contributed by atoms with Crippen molar-refractivity contribution in [1.82, 2.24) is 10.6 Å². The summed E-state index contributed by atoms with van der Waals surface area (Å²) in [7, 11) is 1.55. The molecule has 1 heterocycles. The van der Waals surface area contributed by atoms with Gasteiger partial charge in [0.15, 0.2) is 0 Å². The molecule has 0 aliphatic carbocycles. The molecule has 117 valence electrons. The van der Waals surface area contributed by atoms with Gasteiger partial charge in [-0.3, -0.25) is 4.79 Å². The van der Waals surface area contributed by atoms with Gasteiger partial charge in [0.2, 0.25) is 0 Å². The van der Waals surface area contributed by atoms with Gasteiger partial charge in [0.25, 0.3) is 5.91 Å². The Labute approximate surface area is 129 Å². The third kappa shape index (κ3) is 3.39. The van der Waals surface area contributed by atoms with Crippen LogP contribution in [-0.2, 0) is 9.59 Å². The molecule has 6 heteroatoms. The highest BCUT2D eigenvalue weighted by molar-refractivity contribution is 6.03. The fourth-order valence-electron chi connectivity index (χ4n) is 2.29. The summed E-state index contributed by atoms with van der Waals surface area (Å²) >= 11 is 0. The van der Waals surface area contributed by atoms with Gasteiger partial charge < -0.3 is 15.2 Å². The predicted octanol–water partition coefficient (Wildman–Crippen LogP) is 1.90. The van der Waals surface area contributed by atoms with Crippen LogP contribution in [0.2, 0.25) is 0 Å². The number of ether oxygens (including phenoxy) is 1. The van der Waals surface area contributed by atoms with Crippen LogP contribution >= 0.6 is 0 Å². The number of rotatable bonds is 6. The lowest BCUT2D eigenvalue weighted by atomic mass is 10.0. The standard InChI is InChI=1S/C16H19N2O4/c1-9(2)7-13(16(20)21)18-15(19)12-8-10-11(17-12)5-4-6-14(10)22-3/h4-6,8-9,13H,7H2,1-3H3,(H,18,19)(H,20,21)/t13-/m0/s1. The largest absolute Gasteiger partial charge is 0.496 e. The number of methoxy groups -OCH3 is 1. The van der Waals surface area contributed by atoms with E-state index in [1.54, 1.807) is 31.4 Å². The number of carboxylic acids is 1. The third-order valence-electron chi connectivity index (χ3n) is 3.33. The minimum Gasteiger partial charge on any atom is -0.496 e. The first-order valence-electron chi connectivity index (χ1n) is 7.06. The second-order valence-electron chi connectivity index (χ2n) is 5.53. The highest BCUT2D eigenvalue weighted by Crippen LogP contribution is 2.34. The Balaban J connectivity index is 2.13. The van der Waals surface area contributed by atoms with E-state index in [0.717, 1.165) is 5.56 Å². The maximum Gasteiger partial charge on any atom is 0.326 e. The van der Waals surface area contributed by atoms with Crippen LogP contribution in [0.3, 0.4) is 0 Å². The van der Waals surface area contributed by atoms with Crippen molar-refractivity contribution in [3.63, 3.8) is 0 Å². The van der Waals surface area contributed by atoms with Crippen LogP contribution in [0.25, 0.3) is 6.08 Å². The van der Waals surface area contributed by atoms with E-state index in [-0.39, 0.29) is 11.6 Å². The molecule has 0 bridgehead atoms. The van der Waals surface area contributed by atoms with Crippen LogP contribution in [0.4, 0.5) is 5.69 Å². The van der Waals surface area contributed by atoms with Gasteiger partial charge in [-0.2, -0.15) is 0 Å². The molecule has 2 rings (SSSR count). The summed E-state index contributed by atoms with van der Waals surface area (Å²) in [6.07, 6.45) is 1.97. The quantitative estimate of drug-likeness (QED) is 0.840. The van der Waals surface area contributed by atoms with Crippen molar-refractivity contribution in [2.45, 2.75) is 26.3 Å². The van der Waals surface area contributed by atoms with Crippen LogP contribution in [0.15, 0.2) is 23.9 Å². The maximum atomic E-state index is 12.2. The maximum absolute atomic E-state index is 12.2. The number of nitrogens with zero attached hydrogens (tertiary/aromatic N) is 1. The summed E-state index contributed by atoms with van der Waals surface area (Å²) in [6.45, 7) is 3.81. The molecule has 0 aromatic heterocycles. The zero-order valence-electron chi connectivity index (χ0n) is 12.8. The van der Waals surface area contributed by atoms with Crippen LogP contribution in [0.1, 0.15) is 25.8 Å². The molecule has 0 saturated heterocycles. The normalized spacial score (nSPS) is 13.9. The Hall–Kier alpha value is -2.50. The van der Waals surface area contributed by atoms with Crippen LogP contribution in [0.5, 0.6) is 5.75 Å². The predicted molar refractivity (Wildman–Crippen MR) is 81.8 cm³/mol. The van der Waals surface area contributed by atoms with Crippen molar-refractivity contribution in [3.05, 3.63) is 29.5 Å². The van der Waals surface area contributed by atoms with Crippen molar-refractivity contribution in [1.29, 1.82) is 0 Å². The number of carboxylic acid groups (broad SMARTS) is 1. The summed E-state index contributed by atoms with van der Waals surface area (Å²) < 4.78 is 5.23. The summed E-state index contributed by atoms with van der Waals surface area (Å²) in [4.78, 5) is 23.5. The molecule has 22 heavy (non-hydrogen) atoms. The third-order valence-corrected chi connectivity index (χ3v) is 3.33. The summed E-state index contributed by atoms with van der Waals surface area (Å²) in [5.41, 5.74) is 1.56.